The largest absolute Gasteiger partial charge is 0.362 e. The van der Waals surface area contributed by atoms with Crippen LogP contribution in [0.4, 0.5) is 11.4 Å². The van der Waals surface area contributed by atoms with Gasteiger partial charge in [-0.2, -0.15) is 0 Å². The van der Waals surface area contributed by atoms with E-state index in [1.165, 1.54) is 6.07 Å². The van der Waals surface area contributed by atoms with Crippen molar-refractivity contribution < 1.29 is 9.72 Å². The van der Waals surface area contributed by atoms with Crippen molar-refractivity contribution in [3.8, 4) is 0 Å². The highest BCUT2D eigenvalue weighted by Gasteiger charge is 2.26. The summed E-state index contributed by atoms with van der Waals surface area (Å²) >= 11 is 17.7. The molecule has 136 valence electrons. The van der Waals surface area contributed by atoms with Gasteiger partial charge >= 0.3 is 0 Å². The van der Waals surface area contributed by atoms with E-state index in [1.807, 2.05) is 4.90 Å². The molecule has 0 radical (unpaired) electrons. The van der Waals surface area contributed by atoms with Gasteiger partial charge in [0, 0.05) is 42.8 Å². The molecule has 0 bridgehead atoms. The van der Waals surface area contributed by atoms with Crippen LogP contribution in [0.3, 0.4) is 0 Å². The first-order valence-corrected chi connectivity index (χ1v) is 8.93. The molecule has 1 aliphatic heterocycles. The fourth-order valence-corrected chi connectivity index (χ4v) is 3.34. The van der Waals surface area contributed by atoms with Crippen molar-refractivity contribution in [1.82, 2.24) is 4.90 Å². The Morgan fingerprint density at radius 3 is 2.27 bits per heavy atom. The van der Waals surface area contributed by atoms with Crippen molar-refractivity contribution in [3.63, 3.8) is 0 Å². The molecule has 0 saturated carbocycles. The van der Waals surface area contributed by atoms with Gasteiger partial charge in [-0.05, 0) is 30.3 Å². The summed E-state index contributed by atoms with van der Waals surface area (Å²) in [6.07, 6.45) is 0. The van der Waals surface area contributed by atoms with Crippen molar-refractivity contribution in [1.29, 1.82) is 0 Å². The highest BCUT2D eigenvalue weighted by Crippen LogP contribution is 2.32. The van der Waals surface area contributed by atoms with Crippen LogP contribution in [0.15, 0.2) is 36.4 Å². The minimum atomic E-state index is -0.450. The monoisotopic (exact) mass is 413 g/mol. The first kappa shape index (κ1) is 18.8. The van der Waals surface area contributed by atoms with Crippen molar-refractivity contribution >= 4 is 52.1 Å². The molecule has 0 unspecified atom stereocenters. The maximum absolute atomic E-state index is 12.6. The van der Waals surface area contributed by atoms with Gasteiger partial charge < -0.3 is 9.80 Å². The quantitative estimate of drug-likeness (QED) is 0.547. The highest BCUT2D eigenvalue weighted by atomic mass is 35.5. The number of carbonyl (C=O) groups excluding carboxylic acids is 1. The summed E-state index contributed by atoms with van der Waals surface area (Å²) < 4.78 is 0. The number of nitro groups is 1. The van der Waals surface area contributed by atoms with E-state index in [9.17, 15) is 14.9 Å². The van der Waals surface area contributed by atoms with E-state index in [-0.39, 0.29) is 11.6 Å². The summed E-state index contributed by atoms with van der Waals surface area (Å²) in [5.41, 5.74) is 0.924. The summed E-state index contributed by atoms with van der Waals surface area (Å²) in [6.45, 7) is 1.85. The number of anilines is 1. The average molecular weight is 415 g/mol. The smallest absolute Gasteiger partial charge is 0.294 e. The van der Waals surface area contributed by atoms with E-state index in [0.29, 0.717) is 52.5 Å². The Kier molecular flexibility index (Phi) is 5.55. The molecule has 1 saturated heterocycles. The lowest BCUT2D eigenvalue weighted by Gasteiger charge is -2.35. The van der Waals surface area contributed by atoms with Crippen molar-refractivity contribution in [2.75, 3.05) is 31.1 Å². The third-order valence-corrected chi connectivity index (χ3v) is 5.18. The van der Waals surface area contributed by atoms with E-state index in [1.54, 1.807) is 35.2 Å². The number of halogens is 3. The standard InChI is InChI=1S/C17H14Cl3N3O3/c18-12-2-4-15(16(10-12)23(25)26)21-5-7-22(8-6-21)17(24)11-1-3-13(19)14(20)9-11/h1-4,9-10H,5-8H2. The van der Waals surface area contributed by atoms with Crippen LogP contribution in [0.25, 0.3) is 0 Å². The molecule has 2 aromatic rings. The number of carbonyl (C=O) groups is 1. The Morgan fingerprint density at radius 1 is 0.962 bits per heavy atom. The summed E-state index contributed by atoms with van der Waals surface area (Å²) in [7, 11) is 0. The Balaban J connectivity index is 1.72. The zero-order valence-corrected chi connectivity index (χ0v) is 15.8. The molecule has 6 nitrogen and oxygen atoms in total. The van der Waals surface area contributed by atoms with Crippen molar-refractivity contribution in [2.24, 2.45) is 0 Å². The first-order chi connectivity index (χ1) is 12.4. The predicted octanol–water partition coefficient (Wildman–Crippen LogP) is 4.52. The average Bonchev–Trinajstić information content (AvgIpc) is 2.63. The maximum atomic E-state index is 12.6. The molecular formula is C17H14Cl3N3O3. The summed E-state index contributed by atoms with van der Waals surface area (Å²) in [5, 5.41) is 12.3. The molecule has 0 aliphatic carbocycles. The Bertz CT molecular complexity index is 868. The van der Waals surface area contributed by atoms with Crippen LogP contribution in [0, 0.1) is 10.1 Å². The van der Waals surface area contributed by atoms with Crippen LogP contribution in [-0.4, -0.2) is 41.9 Å². The van der Waals surface area contributed by atoms with Gasteiger partial charge in [-0.3, -0.25) is 14.9 Å². The van der Waals surface area contributed by atoms with Gasteiger partial charge in [0.25, 0.3) is 11.6 Å². The lowest BCUT2D eigenvalue weighted by atomic mass is 10.1. The number of hydrogen-bond donors (Lipinski definition) is 0. The molecule has 1 amide bonds. The van der Waals surface area contributed by atoms with E-state index in [4.69, 9.17) is 34.8 Å². The van der Waals surface area contributed by atoms with Crippen LogP contribution < -0.4 is 4.90 Å². The Morgan fingerprint density at radius 2 is 1.65 bits per heavy atom. The summed E-state index contributed by atoms with van der Waals surface area (Å²) in [5.74, 6) is -0.145. The molecule has 9 heteroatoms. The minimum absolute atomic E-state index is 0.0400. The molecule has 0 aromatic heterocycles. The molecular weight excluding hydrogens is 401 g/mol. The second-order valence-electron chi connectivity index (χ2n) is 5.80. The van der Waals surface area contributed by atoms with Gasteiger partial charge in [-0.1, -0.05) is 34.8 Å². The minimum Gasteiger partial charge on any atom is -0.362 e. The fourth-order valence-electron chi connectivity index (χ4n) is 2.87. The summed E-state index contributed by atoms with van der Waals surface area (Å²) in [6, 6.07) is 9.36. The van der Waals surface area contributed by atoms with Gasteiger partial charge in [0.15, 0.2) is 0 Å². The van der Waals surface area contributed by atoms with Crippen LogP contribution >= 0.6 is 34.8 Å². The number of rotatable bonds is 3. The normalized spacial score (nSPS) is 14.4. The van der Waals surface area contributed by atoms with E-state index in [0.717, 1.165) is 0 Å². The molecule has 1 aliphatic rings. The summed E-state index contributed by atoms with van der Waals surface area (Å²) in [4.78, 5) is 27.0. The number of nitro benzene ring substituents is 1. The maximum Gasteiger partial charge on any atom is 0.294 e. The zero-order chi connectivity index (χ0) is 18.8. The van der Waals surface area contributed by atoms with Gasteiger partial charge in [0.1, 0.15) is 5.69 Å². The van der Waals surface area contributed by atoms with E-state index < -0.39 is 4.92 Å². The predicted molar refractivity (Wildman–Crippen MR) is 103 cm³/mol. The van der Waals surface area contributed by atoms with Crippen LogP contribution in [-0.2, 0) is 0 Å². The Labute approximate surface area is 165 Å². The third-order valence-electron chi connectivity index (χ3n) is 4.21. The van der Waals surface area contributed by atoms with Gasteiger partial charge in [-0.25, -0.2) is 0 Å². The molecule has 0 spiro atoms. The SMILES string of the molecule is O=C(c1ccc(Cl)c(Cl)c1)N1CCN(c2ccc(Cl)cc2[N+](=O)[O-])CC1. The number of piperazine rings is 1. The third kappa shape index (κ3) is 3.87. The molecule has 26 heavy (non-hydrogen) atoms. The second-order valence-corrected chi connectivity index (χ2v) is 7.05. The molecule has 0 N–H and O–H groups in total. The van der Waals surface area contributed by atoms with E-state index in [2.05, 4.69) is 0 Å². The first-order valence-electron chi connectivity index (χ1n) is 7.80. The fraction of sp³-hybridized carbons (Fsp3) is 0.235. The lowest BCUT2D eigenvalue weighted by molar-refractivity contribution is -0.384. The van der Waals surface area contributed by atoms with Crippen LogP contribution in [0.5, 0.6) is 0 Å². The topological polar surface area (TPSA) is 66.7 Å². The lowest BCUT2D eigenvalue weighted by Crippen LogP contribution is -2.49. The van der Waals surface area contributed by atoms with Gasteiger partial charge in [0.2, 0.25) is 0 Å². The number of hydrogen-bond acceptors (Lipinski definition) is 4. The molecule has 2 aromatic carbocycles. The second kappa shape index (κ2) is 7.70. The molecule has 3 rings (SSSR count). The molecule has 1 fully saturated rings. The number of benzene rings is 2. The Hall–Kier alpha value is -2.02. The zero-order valence-electron chi connectivity index (χ0n) is 13.5. The van der Waals surface area contributed by atoms with E-state index >= 15 is 0 Å². The molecule has 1 heterocycles. The van der Waals surface area contributed by atoms with Gasteiger partial charge in [-0.15, -0.1) is 0 Å². The van der Waals surface area contributed by atoms with Crippen LogP contribution in [0.2, 0.25) is 15.1 Å². The molecule has 0 atom stereocenters. The van der Waals surface area contributed by atoms with Crippen LogP contribution in [0.1, 0.15) is 10.4 Å². The van der Waals surface area contributed by atoms with Crippen molar-refractivity contribution in [2.45, 2.75) is 0 Å². The number of nitrogens with zero attached hydrogens (tertiary/aromatic N) is 3. The number of amides is 1. The highest BCUT2D eigenvalue weighted by molar-refractivity contribution is 6.42. The van der Waals surface area contributed by atoms with Crippen molar-refractivity contribution in [3.05, 3.63) is 67.1 Å². The van der Waals surface area contributed by atoms with Gasteiger partial charge in [0.05, 0.1) is 15.0 Å².